The van der Waals surface area contributed by atoms with Crippen LogP contribution in [0.25, 0.3) is 10.9 Å². The first kappa shape index (κ1) is 20.5. The van der Waals surface area contributed by atoms with E-state index in [2.05, 4.69) is 10.2 Å². The molecule has 34 heavy (non-hydrogen) atoms. The lowest BCUT2D eigenvalue weighted by molar-refractivity contribution is 0.0987. The zero-order chi connectivity index (χ0) is 23.1. The topological polar surface area (TPSA) is 78.7 Å². The number of carbonyl (C=O) groups is 2. The molecule has 1 N–H and O–H groups in total. The van der Waals surface area contributed by atoms with E-state index < -0.39 is 0 Å². The number of carbonyl (C=O) groups excluding carboxylic acids is 2. The predicted octanol–water partition coefficient (Wildman–Crippen LogP) is 4.88. The Morgan fingerprint density at radius 1 is 0.971 bits per heavy atom. The molecule has 170 valence electrons. The molecule has 2 aromatic carbocycles. The van der Waals surface area contributed by atoms with Gasteiger partial charge < -0.3 is 19.5 Å². The van der Waals surface area contributed by atoms with E-state index in [-0.39, 0.29) is 11.8 Å². The Kier molecular flexibility index (Phi) is 5.02. The number of nitrogens with zero attached hydrogens (tertiary/aromatic N) is 3. The lowest BCUT2D eigenvalue weighted by Crippen LogP contribution is -2.28. The Balaban J connectivity index is 1.28. The van der Waals surface area contributed by atoms with E-state index in [0.717, 1.165) is 60.3 Å². The molecule has 0 aliphatic carbocycles. The van der Waals surface area contributed by atoms with Gasteiger partial charge in [0.05, 0.1) is 22.9 Å². The summed E-state index contributed by atoms with van der Waals surface area (Å²) in [6, 6.07) is 17.2. The summed E-state index contributed by atoms with van der Waals surface area (Å²) in [6.45, 7) is 2.42. The Hall–Kier alpha value is -4.13. The third-order valence-electron chi connectivity index (χ3n) is 6.60. The smallest absolute Gasteiger partial charge is 0.261 e. The average molecular weight is 453 g/mol. The standard InChI is InChI=1S/C27H24N4O3/c32-26(22-16-18-5-1-2-6-23(18)29-25(22)30-11-3-4-12-30)28-21-7-8-24-19(15-21)9-13-31(24)27(33)20-10-14-34-17-20/h1-2,5-8,10,14-17H,3-4,9,11-13H2,(H,28,32). The van der Waals surface area contributed by atoms with E-state index in [0.29, 0.717) is 23.4 Å². The lowest BCUT2D eigenvalue weighted by atomic mass is 10.1. The van der Waals surface area contributed by atoms with Gasteiger partial charge in [-0.3, -0.25) is 9.59 Å². The van der Waals surface area contributed by atoms with Crippen LogP contribution in [0.5, 0.6) is 0 Å². The minimum absolute atomic E-state index is 0.0817. The largest absolute Gasteiger partial charge is 0.472 e. The zero-order valence-corrected chi connectivity index (χ0v) is 18.7. The molecule has 2 aromatic heterocycles. The summed E-state index contributed by atoms with van der Waals surface area (Å²) in [5.74, 6) is 0.484. The average Bonchev–Trinajstić information content (AvgIpc) is 3.64. The highest BCUT2D eigenvalue weighted by Crippen LogP contribution is 2.33. The minimum atomic E-state index is -0.176. The van der Waals surface area contributed by atoms with Crippen LogP contribution in [-0.2, 0) is 6.42 Å². The molecule has 2 aliphatic heterocycles. The molecule has 2 aliphatic rings. The van der Waals surface area contributed by atoms with Crippen molar-refractivity contribution in [3.8, 4) is 0 Å². The van der Waals surface area contributed by atoms with Crippen molar-refractivity contribution in [2.45, 2.75) is 19.3 Å². The maximum absolute atomic E-state index is 13.4. The van der Waals surface area contributed by atoms with Crippen LogP contribution in [0.1, 0.15) is 39.1 Å². The lowest BCUT2D eigenvalue weighted by Gasteiger charge is -2.21. The van der Waals surface area contributed by atoms with Crippen LogP contribution < -0.4 is 15.1 Å². The van der Waals surface area contributed by atoms with Gasteiger partial charge in [-0.05, 0) is 61.2 Å². The summed E-state index contributed by atoms with van der Waals surface area (Å²) in [6.07, 6.45) is 5.91. The molecule has 6 rings (SSSR count). The van der Waals surface area contributed by atoms with Crippen LogP contribution >= 0.6 is 0 Å². The molecule has 0 unspecified atom stereocenters. The van der Waals surface area contributed by atoms with Crippen LogP contribution in [0.2, 0.25) is 0 Å². The first-order valence-corrected chi connectivity index (χ1v) is 11.6. The quantitative estimate of drug-likeness (QED) is 0.477. The molecule has 1 fully saturated rings. The third kappa shape index (κ3) is 3.59. The van der Waals surface area contributed by atoms with Gasteiger partial charge in [0.15, 0.2) is 0 Å². The fourth-order valence-electron chi connectivity index (χ4n) is 4.87. The number of amides is 2. The number of para-hydroxylation sites is 1. The second kappa shape index (κ2) is 8.33. The SMILES string of the molecule is O=C(Nc1ccc2c(c1)CCN2C(=O)c1ccoc1)c1cc2ccccc2nc1N1CCCC1. The van der Waals surface area contributed by atoms with Gasteiger partial charge in [-0.1, -0.05) is 18.2 Å². The number of anilines is 3. The first-order valence-electron chi connectivity index (χ1n) is 11.6. The molecular formula is C27H24N4O3. The monoisotopic (exact) mass is 452 g/mol. The van der Waals surface area contributed by atoms with E-state index in [1.807, 2.05) is 48.5 Å². The number of aromatic nitrogens is 1. The molecule has 4 heterocycles. The van der Waals surface area contributed by atoms with Gasteiger partial charge in [-0.25, -0.2) is 4.98 Å². The van der Waals surface area contributed by atoms with Gasteiger partial charge in [0.2, 0.25) is 0 Å². The molecule has 2 amide bonds. The Morgan fingerprint density at radius 2 is 1.82 bits per heavy atom. The summed E-state index contributed by atoms with van der Waals surface area (Å²) >= 11 is 0. The van der Waals surface area contributed by atoms with Crippen LogP contribution in [0.4, 0.5) is 17.2 Å². The molecule has 0 saturated carbocycles. The fraction of sp³-hybridized carbons (Fsp3) is 0.222. The summed E-state index contributed by atoms with van der Waals surface area (Å²) in [4.78, 5) is 35.0. The molecule has 0 radical (unpaired) electrons. The molecule has 7 nitrogen and oxygen atoms in total. The van der Waals surface area contributed by atoms with Crippen molar-refractivity contribution in [3.63, 3.8) is 0 Å². The van der Waals surface area contributed by atoms with E-state index in [1.165, 1.54) is 12.5 Å². The maximum Gasteiger partial charge on any atom is 0.261 e. The van der Waals surface area contributed by atoms with Crippen molar-refractivity contribution in [1.82, 2.24) is 4.98 Å². The highest BCUT2D eigenvalue weighted by atomic mass is 16.3. The van der Waals surface area contributed by atoms with Gasteiger partial charge in [-0.15, -0.1) is 0 Å². The zero-order valence-electron chi connectivity index (χ0n) is 18.7. The van der Waals surface area contributed by atoms with Crippen molar-refractivity contribution >= 4 is 39.9 Å². The van der Waals surface area contributed by atoms with Gasteiger partial charge in [0.25, 0.3) is 11.8 Å². The van der Waals surface area contributed by atoms with Crippen LogP contribution in [0, 0.1) is 0 Å². The van der Waals surface area contributed by atoms with Crippen molar-refractivity contribution in [3.05, 3.63) is 83.8 Å². The summed E-state index contributed by atoms with van der Waals surface area (Å²) < 4.78 is 5.06. The van der Waals surface area contributed by atoms with E-state index >= 15 is 0 Å². The molecule has 0 spiro atoms. The number of rotatable bonds is 4. The number of hydrogen-bond acceptors (Lipinski definition) is 5. The van der Waals surface area contributed by atoms with Gasteiger partial charge >= 0.3 is 0 Å². The Bertz CT molecular complexity index is 1390. The fourth-order valence-corrected chi connectivity index (χ4v) is 4.87. The third-order valence-corrected chi connectivity index (χ3v) is 6.60. The van der Waals surface area contributed by atoms with Crippen LogP contribution in [-0.4, -0.2) is 36.4 Å². The minimum Gasteiger partial charge on any atom is -0.472 e. The highest BCUT2D eigenvalue weighted by Gasteiger charge is 2.27. The number of hydrogen-bond donors (Lipinski definition) is 1. The molecule has 1 saturated heterocycles. The van der Waals surface area contributed by atoms with Gasteiger partial charge in [-0.2, -0.15) is 0 Å². The van der Waals surface area contributed by atoms with Crippen LogP contribution in [0.3, 0.4) is 0 Å². The van der Waals surface area contributed by atoms with E-state index in [9.17, 15) is 9.59 Å². The number of benzene rings is 2. The van der Waals surface area contributed by atoms with Crippen molar-refractivity contribution in [2.75, 3.05) is 34.8 Å². The second-order valence-electron chi connectivity index (χ2n) is 8.76. The second-order valence-corrected chi connectivity index (χ2v) is 8.76. The number of fused-ring (bicyclic) bond motifs is 2. The summed E-state index contributed by atoms with van der Waals surface area (Å²) in [5.41, 5.74) is 4.62. The first-order chi connectivity index (χ1) is 16.7. The van der Waals surface area contributed by atoms with Crippen molar-refractivity contribution in [2.24, 2.45) is 0 Å². The summed E-state index contributed by atoms with van der Waals surface area (Å²) in [5, 5.41) is 4.01. The number of furan rings is 1. The highest BCUT2D eigenvalue weighted by molar-refractivity contribution is 6.10. The number of nitrogens with one attached hydrogen (secondary N) is 1. The maximum atomic E-state index is 13.4. The van der Waals surface area contributed by atoms with Gasteiger partial charge in [0.1, 0.15) is 12.1 Å². The molecule has 7 heteroatoms. The summed E-state index contributed by atoms with van der Waals surface area (Å²) in [7, 11) is 0. The normalized spacial score (nSPS) is 15.1. The number of pyridine rings is 1. The van der Waals surface area contributed by atoms with E-state index in [4.69, 9.17) is 9.40 Å². The van der Waals surface area contributed by atoms with Crippen molar-refractivity contribution < 1.29 is 14.0 Å². The molecular weight excluding hydrogens is 428 g/mol. The molecule has 0 bridgehead atoms. The van der Waals surface area contributed by atoms with Gasteiger partial charge in [0, 0.05) is 36.4 Å². The van der Waals surface area contributed by atoms with E-state index in [1.54, 1.807) is 11.0 Å². The molecule has 0 atom stereocenters. The Labute approximate surface area is 197 Å². The van der Waals surface area contributed by atoms with Crippen LogP contribution in [0.15, 0.2) is 71.5 Å². The Morgan fingerprint density at radius 3 is 2.65 bits per heavy atom. The van der Waals surface area contributed by atoms with Crippen molar-refractivity contribution in [1.29, 1.82) is 0 Å². The predicted molar refractivity (Wildman–Crippen MR) is 132 cm³/mol. The molecule has 4 aromatic rings.